The zero-order chi connectivity index (χ0) is 14.8. The van der Waals surface area contributed by atoms with Crippen molar-refractivity contribution in [1.82, 2.24) is 0 Å². The fourth-order valence-corrected chi connectivity index (χ4v) is 3.30. The molecule has 19 heavy (non-hydrogen) atoms. The van der Waals surface area contributed by atoms with Crippen molar-refractivity contribution in [3.05, 3.63) is 29.8 Å². The summed E-state index contributed by atoms with van der Waals surface area (Å²) in [5.74, 6) is -1.66. The second-order valence-electron chi connectivity index (χ2n) is 3.86. The maximum atomic E-state index is 11.5. The van der Waals surface area contributed by atoms with Gasteiger partial charge in [0.2, 0.25) is 8.03 Å². The molecule has 2 atom stereocenters. The lowest BCUT2D eigenvalue weighted by molar-refractivity contribution is -0.141. The summed E-state index contributed by atoms with van der Waals surface area (Å²) in [6.45, 7) is 1.34. The first kappa shape index (κ1) is 16.1. The molecule has 1 rings (SSSR count). The third-order valence-corrected chi connectivity index (χ3v) is 5.42. The van der Waals surface area contributed by atoms with Gasteiger partial charge in [0.25, 0.3) is 0 Å². The zero-order valence-corrected chi connectivity index (χ0v) is 11.8. The molecule has 0 saturated heterocycles. The molecular formula is C10H13O7P2. The van der Waals surface area contributed by atoms with Crippen molar-refractivity contribution in [2.75, 3.05) is 0 Å². The predicted molar refractivity (Wildman–Crippen MR) is 67.8 cm³/mol. The lowest BCUT2D eigenvalue weighted by atomic mass is 9.95. The van der Waals surface area contributed by atoms with Crippen molar-refractivity contribution >= 4 is 26.9 Å². The molecule has 0 fully saturated rings. The molecule has 7 nitrogen and oxygen atoms in total. The number of carboxylic acids is 1. The Morgan fingerprint density at radius 1 is 1.47 bits per heavy atom. The van der Waals surface area contributed by atoms with Crippen LogP contribution < -0.4 is 5.30 Å². The van der Waals surface area contributed by atoms with Gasteiger partial charge in [-0.1, -0.05) is 13.0 Å². The Labute approximate surface area is 109 Å². The van der Waals surface area contributed by atoms with Gasteiger partial charge in [-0.3, -0.25) is 13.9 Å². The summed E-state index contributed by atoms with van der Waals surface area (Å²) < 4.78 is 22.4. The lowest BCUT2D eigenvalue weighted by Gasteiger charge is -2.29. The van der Waals surface area contributed by atoms with E-state index in [-0.39, 0.29) is 17.3 Å². The highest BCUT2D eigenvalue weighted by Crippen LogP contribution is 2.59. The van der Waals surface area contributed by atoms with E-state index in [1.54, 1.807) is 0 Å². The molecule has 0 saturated carbocycles. The standard InChI is InChI=1S/C10H13O7P2/c1-2-10(9(11)12,19(15,16)17)7-3-5-8(6-4-7)18(13)14/h3,5-6,18H,2H2,1H3,(H,11,12)(H,13,14)(H2,15,16,17). The highest BCUT2D eigenvalue weighted by Gasteiger charge is 2.54. The van der Waals surface area contributed by atoms with E-state index in [4.69, 9.17) is 4.89 Å². The fourth-order valence-electron chi connectivity index (χ4n) is 1.76. The van der Waals surface area contributed by atoms with Crippen LogP contribution in [0.5, 0.6) is 0 Å². The summed E-state index contributed by atoms with van der Waals surface area (Å²) in [5.41, 5.74) is -0.220. The minimum absolute atomic E-state index is 0.0369. The van der Waals surface area contributed by atoms with Crippen molar-refractivity contribution in [2.45, 2.75) is 18.5 Å². The highest BCUT2D eigenvalue weighted by molar-refractivity contribution is 7.54. The Morgan fingerprint density at radius 3 is 2.32 bits per heavy atom. The molecule has 0 aliphatic heterocycles. The van der Waals surface area contributed by atoms with Gasteiger partial charge in [0, 0.05) is 5.30 Å². The van der Waals surface area contributed by atoms with Gasteiger partial charge in [0.1, 0.15) is 0 Å². The third-order valence-electron chi connectivity index (χ3n) is 2.87. The van der Waals surface area contributed by atoms with Crippen molar-refractivity contribution in [2.24, 2.45) is 0 Å². The Kier molecular flexibility index (Phi) is 4.72. The molecule has 4 N–H and O–H groups in total. The Balaban J connectivity index is 3.46. The van der Waals surface area contributed by atoms with Gasteiger partial charge < -0.3 is 19.8 Å². The second-order valence-corrected chi connectivity index (χ2v) is 6.90. The smallest absolute Gasteiger partial charge is 0.347 e. The van der Waals surface area contributed by atoms with Crippen LogP contribution in [0.25, 0.3) is 0 Å². The van der Waals surface area contributed by atoms with Crippen LogP contribution in [0.3, 0.4) is 0 Å². The van der Waals surface area contributed by atoms with Crippen molar-refractivity contribution in [3.63, 3.8) is 0 Å². The summed E-state index contributed by atoms with van der Waals surface area (Å²) in [5, 5.41) is 6.82. The summed E-state index contributed by atoms with van der Waals surface area (Å²) in [7, 11) is -7.94. The van der Waals surface area contributed by atoms with Gasteiger partial charge in [-0.2, -0.15) is 0 Å². The van der Waals surface area contributed by atoms with Crippen LogP contribution >= 0.6 is 15.6 Å². The molecule has 2 unspecified atom stereocenters. The Hall–Kier alpha value is -0.970. The number of hydrogen-bond acceptors (Lipinski definition) is 3. The van der Waals surface area contributed by atoms with Gasteiger partial charge >= 0.3 is 13.6 Å². The van der Waals surface area contributed by atoms with Crippen molar-refractivity contribution < 1.29 is 33.7 Å². The SMILES string of the molecule is CCC(C(=O)O)(c1[c]cc([PH](=O)O)cc1)P(=O)(O)O. The van der Waals surface area contributed by atoms with Crippen LogP contribution in [0.4, 0.5) is 0 Å². The summed E-state index contributed by atoms with van der Waals surface area (Å²) in [6.07, 6.45) is -0.337. The normalized spacial score (nSPS) is 16.6. The topological polar surface area (TPSA) is 132 Å². The van der Waals surface area contributed by atoms with Gasteiger partial charge in [-0.05, 0) is 30.2 Å². The monoisotopic (exact) mass is 307 g/mol. The second kappa shape index (κ2) is 5.57. The van der Waals surface area contributed by atoms with E-state index in [0.717, 1.165) is 18.2 Å². The molecule has 0 aliphatic carbocycles. The molecule has 9 heteroatoms. The van der Waals surface area contributed by atoms with Gasteiger partial charge in [-0.15, -0.1) is 0 Å². The molecule has 0 aliphatic rings. The molecule has 0 amide bonds. The van der Waals surface area contributed by atoms with Crippen LogP contribution in [0.2, 0.25) is 0 Å². The summed E-state index contributed by atoms with van der Waals surface area (Å²) in [4.78, 5) is 38.9. The fraction of sp³-hybridized carbons (Fsp3) is 0.300. The number of carbonyl (C=O) groups is 1. The summed E-state index contributed by atoms with van der Waals surface area (Å²) in [6, 6.07) is 5.72. The van der Waals surface area contributed by atoms with Gasteiger partial charge in [0.15, 0.2) is 5.16 Å². The molecule has 0 aromatic heterocycles. The Bertz CT molecular complexity index is 548. The lowest BCUT2D eigenvalue weighted by Crippen LogP contribution is -2.35. The van der Waals surface area contributed by atoms with Crippen LogP contribution in [-0.4, -0.2) is 25.8 Å². The molecule has 1 aromatic rings. The van der Waals surface area contributed by atoms with Crippen molar-refractivity contribution in [1.29, 1.82) is 0 Å². The first-order valence-electron chi connectivity index (χ1n) is 5.21. The van der Waals surface area contributed by atoms with Crippen LogP contribution in [-0.2, 0) is 19.1 Å². The molecule has 1 radical (unpaired) electrons. The number of hydrogen-bond donors (Lipinski definition) is 4. The van der Waals surface area contributed by atoms with E-state index in [1.165, 1.54) is 6.92 Å². The Morgan fingerprint density at radius 2 is 2.05 bits per heavy atom. The predicted octanol–water partition coefficient (Wildman–Crippen LogP) is 0.447. The van der Waals surface area contributed by atoms with Gasteiger partial charge in [0.05, 0.1) is 0 Å². The molecular weight excluding hydrogens is 294 g/mol. The number of aliphatic carboxylic acids is 1. The summed E-state index contributed by atoms with van der Waals surface area (Å²) >= 11 is 0. The quantitative estimate of drug-likeness (QED) is 0.580. The maximum absolute atomic E-state index is 11.5. The highest BCUT2D eigenvalue weighted by atomic mass is 31.2. The number of carboxylic acid groups (broad SMARTS) is 1. The zero-order valence-electron chi connectivity index (χ0n) is 9.90. The molecule has 0 heterocycles. The van der Waals surface area contributed by atoms with E-state index >= 15 is 0 Å². The third kappa shape index (κ3) is 2.81. The average molecular weight is 307 g/mol. The van der Waals surface area contributed by atoms with E-state index in [0.29, 0.717) is 0 Å². The molecule has 0 spiro atoms. The minimum atomic E-state index is -4.99. The average Bonchev–Trinajstić information content (AvgIpc) is 2.28. The molecule has 1 aromatic carbocycles. The number of rotatable bonds is 5. The molecule has 105 valence electrons. The minimum Gasteiger partial charge on any atom is -0.480 e. The first-order valence-corrected chi connectivity index (χ1v) is 8.18. The maximum Gasteiger partial charge on any atom is 0.347 e. The van der Waals surface area contributed by atoms with Crippen LogP contribution in [0.1, 0.15) is 18.9 Å². The van der Waals surface area contributed by atoms with E-state index < -0.39 is 26.7 Å². The van der Waals surface area contributed by atoms with E-state index in [1.807, 2.05) is 0 Å². The van der Waals surface area contributed by atoms with Crippen LogP contribution in [0.15, 0.2) is 18.2 Å². The molecule has 0 bridgehead atoms. The van der Waals surface area contributed by atoms with E-state index in [9.17, 15) is 28.8 Å². The van der Waals surface area contributed by atoms with Crippen molar-refractivity contribution in [3.8, 4) is 0 Å². The first-order chi connectivity index (χ1) is 8.66. The largest absolute Gasteiger partial charge is 0.480 e. The van der Waals surface area contributed by atoms with E-state index in [2.05, 4.69) is 6.07 Å². The van der Waals surface area contributed by atoms with Crippen LogP contribution in [0, 0.1) is 6.07 Å². The van der Waals surface area contributed by atoms with Gasteiger partial charge in [-0.25, -0.2) is 0 Å². The number of benzene rings is 1.